The molecule has 2 aromatic rings. The molecule has 4 rings (SSSR count). The second-order valence-corrected chi connectivity index (χ2v) is 6.84. The maximum absolute atomic E-state index is 12.9. The van der Waals surface area contributed by atoms with Gasteiger partial charge in [-0.3, -0.25) is 0 Å². The molecule has 5 nitrogen and oxygen atoms in total. The number of rotatable bonds is 3. The van der Waals surface area contributed by atoms with Gasteiger partial charge in [-0.2, -0.15) is 0 Å². The molecular weight excluding hydrogens is 361 g/mol. The molecule has 7 heteroatoms. The van der Waals surface area contributed by atoms with E-state index in [-0.39, 0.29) is 0 Å². The second-order valence-electron chi connectivity index (χ2n) is 5.99. The summed E-state index contributed by atoms with van der Waals surface area (Å²) in [6, 6.07) is 4.17. The molecule has 0 bridgehead atoms. The first-order valence-corrected chi connectivity index (χ1v) is 8.64. The smallest absolute Gasteiger partial charge is 0.225 e. The van der Waals surface area contributed by atoms with Crippen LogP contribution in [0.25, 0.3) is 0 Å². The molecule has 0 N–H and O–H groups in total. The van der Waals surface area contributed by atoms with Crippen LogP contribution in [0, 0.1) is 5.82 Å². The molecular formula is C16H17BrFN5. The molecule has 1 saturated carbocycles. The molecule has 0 radical (unpaired) electrons. The summed E-state index contributed by atoms with van der Waals surface area (Å²) in [5, 5.41) is 0. The number of hydrogen-bond acceptors (Lipinski definition) is 5. The summed E-state index contributed by atoms with van der Waals surface area (Å²) in [5.41, 5.74) is 1.19. The summed E-state index contributed by atoms with van der Waals surface area (Å²) in [5.74, 6) is 1.85. The van der Waals surface area contributed by atoms with E-state index < -0.39 is 5.82 Å². The highest BCUT2D eigenvalue weighted by Crippen LogP contribution is 2.42. The van der Waals surface area contributed by atoms with E-state index in [1.165, 1.54) is 30.9 Å². The van der Waals surface area contributed by atoms with Crippen molar-refractivity contribution in [2.24, 2.45) is 0 Å². The first kappa shape index (κ1) is 14.8. The van der Waals surface area contributed by atoms with E-state index in [0.717, 1.165) is 36.5 Å². The SMILES string of the molecule is Fc1cnc(N2CCN(c3ccc(Br)c(C4CC4)n3)CC2)nc1. The Bertz CT molecular complexity index is 696. The van der Waals surface area contributed by atoms with E-state index in [1.807, 2.05) is 0 Å². The average Bonchev–Trinajstić information content (AvgIpc) is 3.41. The molecule has 120 valence electrons. The highest BCUT2D eigenvalue weighted by Gasteiger charge is 2.28. The summed E-state index contributed by atoms with van der Waals surface area (Å²) in [7, 11) is 0. The Morgan fingerprint density at radius 2 is 1.65 bits per heavy atom. The van der Waals surface area contributed by atoms with E-state index in [1.54, 1.807) is 0 Å². The fraction of sp³-hybridized carbons (Fsp3) is 0.438. The number of nitrogens with zero attached hydrogens (tertiary/aromatic N) is 5. The van der Waals surface area contributed by atoms with Gasteiger partial charge in [-0.25, -0.2) is 19.3 Å². The van der Waals surface area contributed by atoms with Crippen LogP contribution in [0.5, 0.6) is 0 Å². The summed E-state index contributed by atoms with van der Waals surface area (Å²) >= 11 is 3.60. The lowest BCUT2D eigenvalue weighted by atomic mass is 10.2. The van der Waals surface area contributed by atoms with Crippen LogP contribution in [-0.2, 0) is 0 Å². The molecule has 0 spiro atoms. The minimum Gasteiger partial charge on any atom is -0.353 e. The molecule has 1 aliphatic carbocycles. The first-order valence-electron chi connectivity index (χ1n) is 7.84. The van der Waals surface area contributed by atoms with E-state index in [9.17, 15) is 4.39 Å². The lowest BCUT2D eigenvalue weighted by Crippen LogP contribution is -2.47. The van der Waals surface area contributed by atoms with Gasteiger partial charge >= 0.3 is 0 Å². The van der Waals surface area contributed by atoms with Gasteiger partial charge in [0.25, 0.3) is 0 Å². The number of piperazine rings is 1. The number of hydrogen-bond donors (Lipinski definition) is 0. The van der Waals surface area contributed by atoms with Crippen LogP contribution in [0.3, 0.4) is 0 Å². The third-order valence-electron chi connectivity index (χ3n) is 4.32. The Morgan fingerprint density at radius 3 is 2.30 bits per heavy atom. The Hall–Kier alpha value is -1.76. The van der Waals surface area contributed by atoms with Crippen molar-refractivity contribution in [1.29, 1.82) is 0 Å². The lowest BCUT2D eigenvalue weighted by molar-refractivity contribution is 0.601. The molecule has 23 heavy (non-hydrogen) atoms. The van der Waals surface area contributed by atoms with Crippen LogP contribution in [0.4, 0.5) is 16.2 Å². The van der Waals surface area contributed by atoms with Crippen molar-refractivity contribution >= 4 is 27.7 Å². The second kappa shape index (κ2) is 6.03. The van der Waals surface area contributed by atoms with Crippen molar-refractivity contribution in [1.82, 2.24) is 15.0 Å². The Morgan fingerprint density at radius 1 is 1.00 bits per heavy atom. The monoisotopic (exact) mass is 377 g/mol. The van der Waals surface area contributed by atoms with Crippen LogP contribution >= 0.6 is 15.9 Å². The van der Waals surface area contributed by atoms with E-state index in [4.69, 9.17) is 4.98 Å². The average molecular weight is 378 g/mol. The highest BCUT2D eigenvalue weighted by molar-refractivity contribution is 9.10. The Labute approximate surface area is 142 Å². The van der Waals surface area contributed by atoms with E-state index >= 15 is 0 Å². The molecule has 0 aromatic carbocycles. The number of anilines is 2. The molecule has 1 aliphatic heterocycles. The highest BCUT2D eigenvalue weighted by atomic mass is 79.9. The molecule has 2 aliphatic rings. The topological polar surface area (TPSA) is 45.2 Å². The molecule has 1 saturated heterocycles. The zero-order valence-corrected chi connectivity index (χ0v) is 14.2. The quantitative estimate of drug-likeness (QED) is 0.822. The zero-order chi connectivity index (χ0) is 15.8. The Kier molecular flexibility index (Phi) is 3.88. The fourth-order valence-electron chi connectivity index (χ4n) is 2.87. The van der Waals surface area contributed by atoms with Crippen molar-refractivity contribution in [2.75, 3.05) is 36.0 Å². The molecule has 2 aromatic heterocycles. The fourth-order valence-corrected chi connectivity index (χ4v) is 3.42. The van der Waals surface area contributed by atoms with Crippen LogP contribution in [-0.4, -0.2) is 41.1 Å². The number of pyridine rings is 1. The summed E-state index contributed by atoms with van der Waals surface area (Å²) in [6.45, 7) is 3.34. The van der Waals surface area contributed by atoms with Gasteiger partial charge in [-0.1, -0.05) is 0 Å². The lowest BCUT2D eigenvalue weighted by Gasteiger charge is -2.35. The number of halogens is 2. The molecule has 2 fully saturated rings. The van der Waals surface area contributed by atoms with Crippen LogP contribution < -0.4 is 9.80 Å². The van der Waals surface area contributed by atoms with Crippen molar-refractivity contribution in [3.63, 3.8) is 0 Å². The maximum atomic E-state index is 12.9. The zero-order valence-electron chi connectivity index (χ0n) is 12.6. The van der Waals surface area contributed by atoms with Crippen molar-refractivity contribution < 1.29 is 4.39 Å². The number of aromatic nitrogens is 3. The Balaban J connectivity index is 1.45. The maximum Gasteiger partial charge on any atom is 0.225 e. The molecule has 3 heterocycles. The van der Waals surface area contributed by atoms with Crippen molar-refractivity contribution in [3.05, 3.63) is 40.5 Å². The standard InChI is InChI=1S/C16H17BrFN5/c17-13-3-4-14(21-15(13)11-1-2-11)22-5-7-23(8-6-22)16-19-9-12(18)10-20-16/h3-4,9-11H,1-2,5-8H2. The predicted octanol–water partition coefficient (Wildman–Crippen LogP) is 2.98. The minimum atomic E-state index is -0.404. The van der Waals surface area contributed by atoms with Gasteiger partial charge < -0.3 is 9.80 Å². The predicted molar refractivity (Wildman–Crippen MR) is 90.3 cm³/mol. The van der Waals surface area contributed by atoms with Gasteiger partial charge in [0.2, 0.25) is 5.95 Å². The third kappa shape index (κ3) is 3.15. The summed E-state index contributed by atoms with van der Waals surface area (Å²) in [6.07, 6.45) is 4.91. The van der Waals surface area contributed by atoms with Gasteiger partial charge in [0, 0.05) is 36.6 Å². The van der Waals surface area contributed by atoms with Crippen molar-refractivity contribution in [2.45, 2.75) is 18.8 Å². The third-order valence-corrected chi connectivity index (χ3v) is 4.99. The van der Waals surface area contributed by atoms with E-state index in [2.05, 4.69) is 47.8 Å². The van der Waals surface area contributed by atoms with Gasteiger partial charge in [-0.15, -0.1) is 0 Å². The van der Waals surface area contributed by atoms with Gasteiger partial charge in [0.15, 0.2) is 5.82 Å². The van der Waals surface area contributed by atoms with Gasteiger partial charge in [-0.05, 0) is 40.9 Å². The largest absolute Gasteiger partial charge is 0.353 e. The molecule has 0 amide bonds. The van der Waals surface area contributed by atoms with E-state index in [0.29, 0.717) is 11.9 Å². The van der Waals surface area contributed by atoms with Gasteiger partial charge in [0.05, 0.1) is 18.1 Å². The minimum absolute atomic E-state index is 0.404. The van der Waals surface area contributed by atoms with Crippen LogP contribution in [0.2, 0.25) is 0 Å². The van der Waals surface area contributed by atoms with Crippen LogP contribution in [0.15, 0.2) is 29.0 Å². The normalized spacial score (nSPS) is 18.3. The van der Waals surface area contributed by atoms with Crippen molar-refractivity contribution in [3.8, 4) is 0 Å². The summed E-state index contributed by atoms with van der Waals surface area (Å²) in [4.78, 5) is 17.3. The molecule has 0 atom stereocenters. The van der Waals surface area contributed by atoms with Gasteiger partial charge in [0.1, 0.15) is 5.82 Å². The molecule has 0 unspecified atom stereocenters. The van der Waals surface area contributed by atoms with Crippen LogP contribution in [0.1, 0.15) is 24.5 Å². The first-order chi connectivity index (χ1) is 11.2. The summed E-state index contributed by atoms with van der Waals surface area (Å²) < 4.78 is 14.0.